The molecule has 0 amide bonds. The van der Waals surface area contributed by atoms with E-state index in [-0.39, 0.29) is 11.0 Å². The summed E-state index contributed by atoms with van der Waals surface area (Å²) in [5.41, 5.74) is 1.36. The average molecular weight is 332 g/mol. The Bertz CT molecular complexity index is 598. The molecule has 0 radical (unpaired) electrons. The van der Waals surface area contributed by atoms with Crippen molar-refractivity contribution in [2.45, 2.75) is 71.5 Å². The minimum absolute atomic E-state index is 0.0762. The van der Waals surface area contributed by atoms with E-state index < -0.39 is 0 Å². The lowest BCUT2D eigenvalue weighted by molar-refractivity contribution is 0.170. The van der Waals surface area contributed by atoms with Crippen molar-refractivity contribution < 1.29 is 0 Å². The van der Waals surface area contributed by atoms with Gasteiger partial charge in [-0.2, -0.15) is 0 Å². The minimum atomic E-state index is -0.0762. The molecule has 0 atom stereocenters. The van der Waals surface area contributed by atoms with Gasteiger partial charge in [-0.25, -0.2) is 4.98 Å². The number of thiazole rings is 1. The lowest BCUT2D eigenvalue weighted by atomic mass is 9.96. The van der Waals surface area contributed by atoms with Crippen molar-refractivity contribution in [1.29, 1.82) is 0 Å². The minimum Gasteiger partial charge on any atom is -0.317 e. The van der Waals surface area contributed by atoms with Crippen molar-refractivity contribution in [2.75, 3.05) is 13.1 Å². The molecule has 3 heterocycles. The molecule has 0 unspecified atom stereocenters. The van der Waals surface area contributed by atoms with Crippen LogP contribution < -0.4 is 5.32 Å². The summed E-state index contributed by atoms with van der Waals surface area (Å²) in [5.74, 6) is 7.68. The second kappa shape index (κ2) is 6.20. The van der Waals surface area contributed by atoms with Gasteiger partial charge < -0.3 is 5.32 Å². The highest BCUT2D eigenvalue weighted by Crippen LogP contribution is 2.36. The summed E-state index contributed by atoms with van der Waals surface area (Å²) in [6.45, 7) is 15.4. The molecule has 1 aromatic rings. The van der Waals surface area contributed by atoms with Crippen molar-refractivity contribution in [2.24, 2.45) is 5.92 Å². The largest absolute Gasteiger partial charge is 0.317 e. The first kappa shape index (κ1) is 17.0. The third-order valence-corrected chi connectivity index (χ3v) is 6.31. The van der Waals surface area contributed by atoms with Crippen LogP contribution in [0.2, 0.25) is 0 Å². The van der Waals surface area contributed by atoms with Gasteiger partial charge in [0, 0.05) is 29.3 Å². The number of hydrogen-bond acceptors (Lipinski definition) is 4. The topological polar surface area (TPSA) is 28.2 Å². The standard InChI is InChI=1S/C19H29N3S/c1-18(2,3)17-21-15-12-22(13-16(15)23-17)19(4,5)9-6-14-7-10-20-11-8-14/h14,20H,7-8,10-13H2,1-5H3. The number of hydrogen-bond donors (Lipinski definition) is 1. The molecule has 0 bridgehead atoms. The molecule has 4 heteroatoms. The van der Waals surface area contributed by atoms with Crippen molar-refractivity contribution >= 4 is 11.3 Å². The molecule has 3 rings (SSSR count). The number of piperidine rings is 1. The Morgan fingerprint density at radius 1 is 1.13 bits per heavy atom. The molecular weight excluding hydrogens is 302 g/mol. The predicted molar refractivity (Wildman–Crippen MR) is 97.5 cm³/mol. The quantitative estimate of drug-likeness (QED) is 0.798. The molecule has 1 N–H and O–H groups in total. The van der Waals surface area contributed by atoms with Gasteiger partial charge in [0.05, 0.1) is 16.2 Å². The maximum absolute atomic E-state index is 4.90. The first-order valence-corrected chi connectivity index (χ1v) is 9.55. The van der Waals surface area contributed by atoms with Crippen LogP contribution >= 0.6 is 11.3 Å². The van der Waals surface area contributed by atoms with Crippen molar-refractivity contribution in [3.05, 3.63) is 15.6 Å². The lowest BCUT2D eigenvalue weighted by Crippen LogP contribution is -2.39. The number of nitrogens with zero attached hydrogens (tertiary/aromatic N) is 2. The third kappa shape index (κ3) is 3.79. The Labute approximate surface area is 144 Å². The molecule has 1 aromatic heterocycles. The van der Waals surface area contributed by atoms with E-state index in [9.17, 15) is 0 Å². The van der Waals surface area contributed by atoms with Crippen molar-refractivity contribution in [3.8, 4) is 11.8 Å². The van der Waals surface area contributed by atoms with Crippen LogP contribution in [0.5, 0.6) is 0 Å². The molecule has 1 fully saturated rings. The summed E-state index contributed by atoms with van der Waals surface area (Å²) >= 11 is 1.89. The second-order valence-electron chi connectivity index (χ2n) is 8.35. The molecule has 0 spiro atoms. The van der Waals surface area contributed by atoms with E-state index in [1.807, 2.05) is 11.3 Å². The molecule has 0 aromatic carbocycles. The maximum Gasteiger partial charge on any atom is 0.0985 e. The van der Waals surface area contributed by atoms with E-state index in [1.54, 1.807) is 0 Å². The predicted octanol–water partition coefficient (Wildman–Crippen LogP) is 3.54. The van der Waals surface area contributed by atoms with Crippen LogP contribution in [-0.2, 0) is 18.5 Å². The number of nitrogens with one attached hydrogen (secondary N) is 1. The second-order valence-corrected chi connectivity index (χ2v) is 9.43. The monoisotopic (exact) mass is 331 g/mol. The van der Waals surface area contributed by atoms with Gasteiger partial charge in [0.2, 0.25) is 0 Å². The Balaban J connectivity index is 1.68. The highest BCUT2D eigenvalue weighted by atomic mass is 32.1. The average Bonchev–Trinajstić information content (AvgIpc) is 3.05. The van der Waals surface area contributed by atoms with Crippen LogP contribution in [0.3, 0.4) is 0 Å². The Kier molecular flexibility index (Phi) is 4.57. The zero-order chi connectivity index (χ0) is 16.7. The molecule has 2 aliphatic heterocycles. The van der Waals surface area contributed by atoms with Gasteiger partial charge >= 0.3 is 0 Å². The summed E-state index contributed by atoms with van der Waals surface area (Å²) in [7, 11) is 0. The van der Waals surface area contributed by atoms with Gasteiger partial charge in [0.25, 0.3) is 0 Å². The van der Waals surface area contributed by atoms with Crippen LogP contribution in [0, 0.1) is 17.8 Å². The van der Waals surface area contributed by atoms with E-state index >= 15 is 0 Å². The van der Waals surface area contributed by atoms with Gasteiger partial charge in [-0.15, -0.1) is 11.3 Å². The van der Waals surface area contributed by atoms with E-state index in [0.717, 1.165) is 26.2 Å². The summed E-state index contributed by atoms with van der Waals surface area (Å²) in [6, 6.07) is 0. The number of fused-ring (bicyclic) bond motifs is 1. The summed E-state index contributed by atoms with van der Waals surface area (Å²) in [4.78, 5) is 8.81. The Morgan fingerprint density at radius 3 is 2.43 bits per heavy atom. The highest BCUT2D eigenvalue weighted by molar-refractivity contribution is 7.11. The molecule has 23 heavy (non-hydrogen) atoms. The van der Waals surface area contributed by atoms with Crippen LogP contribution in [0.1, 0.15) is 63.0 Å². The van der Waals surface area contributed by atoms with Crippen molar-refractivity contribution in [3.63, 3.8) is 0 Å². The molecule has 3 nitrogen and oxygen atoms in total. The smallest absolute Gasteiger partial charge is 0.0985 e. The fourth-order valence-electron chi connectivity index (χ4n) is 3.08. The van der Waals surface area contributed by atoms with Crippen LogP contribution in [-0.4, -0.2) is 28.5 Å². The van der Waals surface area contributed by atoms with Crippen molar-refractivity contribution in [1.82, 2.24) is 15.2 Å². The molecule has 126 valence electrons. The molecule has 0 aliphatic carbocycles. The fourth-order valence-corrected chi connectivity index (χ4v) is 4.22. The number of aromatic nitrogens is 1. The molecule has 0 saturated carbocycles. The first-order valence-electron chi connectivity index (χ1n) is 8.73. The van der Waals surface area contributed by atoms with E-state index in [1.165, 1.54) is 28.4 Å². The maximum atomic E-state index is 4.90. The van der Waals surface area contributed by atoms with Crippen LogP contribution in [0.4, 0.5) is 0 Å². The SMILES string of the molecule is CC(C)(C)c1nc2c(s1)CN(C(C)(C)C#CC1CCNCC1)C2. The zero-order valence-electron chi connectivity index (χ0n) is 15.1. The Morgan fingerprint density at radius 2 is 1.83 bits per heavy atom. The van der Waals surface area contributed by atoms with Gasteiger partial charge in [0.15, 0.2) is 0 Å². The van der Waals surface area contributed by atoms with Crippen LogP contribution in [0.15, 0.2) is 0 Å². The fraction of sp³-hybridized carbons (Fsp3) is 0.737. The van der Waals surface area contributed by atoms with E-state index in [0.29, 0.717) is 5.92 Å². The van der Waals surface area contributed by atoms with E-state index in [4.69, 9.17) is 4.98 Å². The normalized spacial score (nSPS) is 20.2. The van der Waals surface area contributed by atoms with Gasteiger partial charge in [-0.05, 0) is 39.8 Å². The first-order chi connectivity index (χ1) is 10.8. The summed E-state index contributed by atoms with van der Waals surface area (Å²) in [5, 5.41) is 4.67. The molecule has 2 aliphatic rings. The zero-order valence-corrected chi connectivity index (χ0v) is 15.9. The lowest BCUT2D eigenvalue weighted by Gasteiger charge is -2.30. The third-order valence-electron chi connectivity index (χ3n) is 4.81. The summed E-state index contributed by atoms with van der Waals surface area (Å²) < 4.78 is 0. The number of rotatable bonds is 1. The van der Waals surface area contributed by atoms with Gasteiger partial charge in [-0.1, -0.05) is 32.6 Å². The van der Waals surface area contributed by atoms with E-state index in [2.05, 4.69) is 56.7 Å². The molecular formula is C19H29N3S. The van der Waals surface area contributed by atoms with Gasteiger partial charge in [0.1, 0.15) is 0 Å². The van der Waals surface area contributed by atoms with Gasteiger partial charge in [-0.3, -0.25) is 4.90 Å². The Hall–Kier alpha value is -0.890. The van der Waals surface area contributed by atoms with Crippen LogP contribution in [0.25, 0.3) is 0 Å². The molecule has 1 saturated heterocycles. The highest BCUT2D eigenvalue weighted by Gasteiger charge is 2.34. The summed E-state index contributed by atoms with van der Waals surface area (Å²) in [6.07, 6.45) is 2.37.